The molecule has 0 amide bonds. The van der Waals surface area contributed by atoms with Crippen LogP contribution in [0.5, 0.6) is 0 Å². The highest BCUT2D eigenvalue weighted by Crippen LogP contribution is 2.27. The molecule has 0 saturated carbocycles. The maximum Gasteiger partial charge on any atom is 0.138 e. The summed E-state index contributed by atoms with van der Waals surface area (Å²) in [6, 6.07) is 15.3. The summed E-state index contributed by atoms with van der Waals surface area (Å²) in [7, 11) is 0. The Morgan fingerprint density at radius 3 is 2.57 bits per heavy atom. The first-order valence-corrected chi connectivity index (χ1v) is 7.81. The molecule has 0 aliphatic rings. The van der Waals surface area contributed by atoms with E-state index in [-0.39, 0.29) is 0 Å². The van der Waals surface area contributed by atoms with Gasteiger partial charge >= 0.3 is 0 Å². The summed E-state index contributed by atoms with van der Waals surface area (Å²) in [4.78, 5) is 8.85. The van der Waals surface area contributed by atoms with Crippen molar-refractivity contribution in [3.8, 4) is 22.5 Å². The van der Waals surface area contributed by atoms with E-state index in [0.29, 0.717) is 10.0 Å². The van der Waals surface area contributed by atoms with E-state index in [2.05, 4.69) is 9.97 Å². The van der Waals surface area contributed by atoms with Crippen LogP contribution in [0.3, 0.4) is 0 Å². The van der Waals surface area contributed by atoms with Gasteiger partial charge in [0.25, 0.3) is 0 Å². The molecule has 0 atom stereocenters. The summed E-state index contributed by atoms with van der Waals surface area (Å²) in [5, 5.41) is 1.36. The van der Waals surface area contributed by atoms with Crippen molar-refractivity contribution in [1.29, 1.82) is 0 Å². The molecule has 0 radical (unpaired) electrons. The molecule has 4 aromatic rings. The normalized spacial score (nSPS) is 11.0. The average Bonchev–Trinajstić information content (AvgIpc) is 2.98. The molecule has 0 bridgehead atoms. The van der Waals surface area contributed by atoms with Crippen molar-refractivity contribution in [2.45, 2.75) is 0 Å². The number of hydrogen-bond acceptors (Lipinski definition) is 2. The SMILES string of the molecule is Clc1cccc(-c2cc(-c3cnc4cc(Cl)ccn34)ccn2)c1. The van der Waals surface area contributed by atoms with Crippen molar-refractivity contribution >= 4 is 28.8 Å². The Bertz CT molecular complexity index is 1010. The zero-order chi connectivity index (χ0) is 15.8. The molecular formula is C18H11Cl2N3. The van der Waals surface area contributed by atoms with Crippen molar-refractivity contribution < 1.29 is 0 Å². The number of pyridine rings is 2. The molecule has 0 fully saturated rings. The quantitative estimate of drug-likeness (QED) is 0.491. The first-order valence-electron chi connectivity index (χ1n) is 7.06. The molecule has 23 heavy (non-hydrogen) atoms. The third kappa shape index (κ3) is 2.69. The van der Waals surface area contributed by atoms with Gasteiger partial charge in [0.2, 0.25) is 0 Å². The molecule has 0 saturated heterocycles. The Hall–Kier alpha value is -2.36. The van der Waals surface area contributed by atoms with E-state index in [1.54, 1.807) is 6.20 Å². The number of nitrogens with zero attached hydrogens (tertiary/aromatic N) is 3. The van der Waals surface area contributed by atoms with Crippen LogP contribution in [0.15, 0.2) is 67.1 Å². The maximum atomic E-state index is 6.07. The van der Waals surface area contributed by atoms with Crippen molar-refractivity contribution in [3.63, 3.8) is 0 Å². The van der Waals surface area contributed by atoms with Gasteiger partial charge in [-0.25, -0.2) is 4.98 Å². The number of halogens is 2. The first kappa shape index (κ1) is 14.2. The lowest BCUT2D eigenvalue weighted by Crippen LogP contribution is -1.90. The van der Waals surface area contributed by atoms with Crippen LogP contribution in [-0.4, -0.2) is 14.4 Å². The van der Waals surface area contributed by atoms with Gasteiger partial charge in [0, 0.05) is 39.6 Å². The van der Waals surface area contributed by atoms with Gasteiger partial charge in [-0.05, 0) is 30.3 Å². The molecule has 3 heterocycles. The minimum Gasteiger partial charge on any atom is -0.300 e. The predicted molar refractivity (Wildman–Crippen MR) is 93.9 cm³/mol. The van der Waals surface area contributed by atoms with E-state index in [9.17, 15) is 0 Å². The van der Waals surface area contributed by atoms with Gasteiger partial charge in [-0.3, -0.25) is 9.38 Å². The smallest absolute Gasteiger partial charge is 0.138 e. The topological polar surface area (TPSA) is 30.2 Å². The van der Waals surface area contributed by atoms with Crippen molar-refractivity contribution in [3.05, 3.63) is 77.2 Å². The third-order valence-corrected chi connectivity index (χ3v) is 4.12. The van der Waals surface area contributed by atoms with Crippen LogP contribution < -0.4 is 0 Å². The lowest BCUT2D eigenvalue weighted by Gasteiger charge is -2.06. The van der Waals surface area contributed by atoms with Gasteiger partial charge in [-0.2, -0.15) is 0 Å². The van der Waals surface area contributed by atoms with Crippen LogP contribution in [0.1, 0.15) is 0 Å². The van der Waals surface area contributed by atoms with Crippen molar-refractivity contribution in [1.82, 2.24) is 14.4 Å². The summed E-state index contributed by atoms with van der Waals surface area (Å²) in [6.45, 7) is 0. The summed E-state index contributed by atoms with van der Waals surface area (Å²) < 4.78 is 2.00. The Morgan fingerprint density at radius 1 is 0.826 bits per heavy atom. The zero-order valence-electron chi connectivity index (χ0n) is 11.9. The summed E-state index contributed by atoms with van der Waals surface area (Å²) in [5.74, 6) is 0. The van der Waals surface area contributed by atoms with Crippen LogP contribution in [0.25, 0.3) is 28.2 Å². The monoisotopic (exact) mass is 339 g/mol. The summed E-state index contributed by atoms with van der Waals surface area (Å²) in [6.07, 6.45) is 5.54. The van der Waals surface area contributed by atoms with Crippen LogP contribution in [0, 0.1) is 0 Å². The van der Waals surface area contributed by atoms with E-state index in [1.165, 1.54) is 0 Å². The van der Waals surface area contributed by atoms with Gasteiger partial charge in [0.05, 0.1) is 17.6 Å². The Labute approximate surface area is 143 Å². The molecule has 4 rings (SSSR count). The summed E-state index contributed by atoms with van der Waals surface area (Å²) in [5.41, 5.74) is 4.69. The van der Waals surface area contributed by atoms with Crippen LogP contribution in [0.4, 0.5) is 0 Å². The van der Waals surface area contributed by atoms with Crippen LogP contribution in [0.2, 0.25) is 10.0 Å². The minimum atomic E-state index is 0.670. The number of imidazole rings is 1. The molecule has 3 aromatic heterocycles. The molecule has 0 unspecified atom stereocenters. The fraction of sp³-hybridized carbons (Fsp3) is 0. The van der Waals surface area contributed by atoms with Gasteiger partial charge in [0.1, 0.15) is 5.65 Å². The third-order valence-electron chi connectivity index (χ3n) is 3.65. The number of rotatable bonds is 2. The highest BCUT2D eigenvalue weighted by Gasteiger charge is 2.08. The fourth-order valence-electron chi connectivity index (χ4n) is 2.56. The lowest BCUT2D eigenvalue weighted by atomic mass is 10.1. The number of benzene rings is 1. The molecular weight excluding hydrogens is 329 g/mol. The number of hydrogen-bond donors (Lipinski definition) is 0. The molecule has 3 nitrogen and oxygen atoms in total. The number of aromatic nitrogens is 3. The van der Waals surface area contributed by atoms with E-state index in [4.69, 9.17) is 23.2 Å². The highest BCUT2D eigenvalue weighted by molar-refractivity contribution is 6.31. The standard InChI is InChI=1S/C18H11Cl2N3/c19-14-3-1-2-12(8-14)16-9-13(4-6-21-16)17-11-22-18-10-15(20)5-7-23(17)18/h1-11H. The van der Waals surface area contributed by atoms with Crippen molar-refractivity contribution in [2.24, 2.45) is 0 Å². The van der Waals surface area contributed by atoms with Gasteiger partial charge in [0.15, 0.2) is 0 Å². The van der Waals surface area contributed by atoms with E-state index in [0.717, 1.165) is 28.2 Å². The van der Waals surface area contributed by atoms with E-state index in [1.807, 2.05) is 65.3 Å². The Morgan fingerprint density at radius 2 is 1.70 bits per heavy atom. The van der Waals surface area contributed by atoms with Crippen molar-refractivity contribution in [2.75, 3.05) is 0 Å². The predicted octanol–water partition coefficient (Wildman–Crippen LogP) is 5.37. The van der Waals surface area contributed by atoms with Gasteiger partial charge in [-0.15, -0.1) is 0 Å². The molecule has 5 heteroatoms. The molecule has 0 spiro atoms. The molecule has 0 aliphatic heterocycles. The zero-order valence-corrected chi connectivity index (χ0v) is 13.5. The molecule has 0 N–H and O–H groups in total. The Balaban J connectivity index is 1.84. The second kappa shape index (κ2) is 5.69. The largest absolute Gasteiger partial charge is 0.300 e. The van der Waals surface area contributed by atoms with E-state index >= 15 is 0 Å². The minimum absolute atomic E-state index is 0.670. The van der Waals surface area contributed by atoms with Gasteiger partial charge in [-0.1, -0.05) is 35.3 Å². The Kier molecular flexibility index (Phi) is 3.52. The van der Waals surface area contributed by atoms with Crippen LogP contribution >= 0.6 is 23.2 Å². The van der Waals surface area contributed by atoms with Gasteiger partial charge < -0.3 is 0 Å². The molecule has 0 aliphatic carbocycles. The second-order valence-electron chi connectivity index (χ2n) is 5.16. The average molecular weight is 340 g/mol. The molecule has 1 aromatic carbocycles. The number of fused-ring (bicyclic) bond motifs is 1. The van der Waals surface area contributed by atoms with Crippen LogP contribution in [-0.2, 0) is 0 Å². The second-order valence-corrected chi connectivity index (χ2v) is 6.03. The molecule has 112 valence electrons. The fourth-order valence-corrected chi connectivity index (χ4v) is 2.91. The maximum absolute atomic E-state index is 6.07. The highest BCUT2D eigenvalue weighted by atomic mass is 35.5. The lowest BCUT2D eigenvalue weighted by molar-refractivity contribution is 1.19. The summed E-state index contributed by atoms with van der Waals surface area (Å²) >= 11 is 12.1. The first-order chi connectivity index (χ1) is 11.2. The van der Waals surface area contributed by atoms with E-state index < -0.39 is 0 Å².